The molecule has 0 radical (unpaired) electrons. The Kier molecular flexibility index (Phi) is 7.47. The first-order valence-corrected chi connectivity index (χ1v) is 8.89. The van der Waals surface area contributed by atoms with Crippen LogP contribution in [0.2, 0.25) is 0 Å². The minimum absolute atomic E-state index is 0.584. The molecule has 0 unspecified atom stereocenters. The van der Waals surface area contributed by atoms with E-state index in [4.69, 9.17) is 17.0 Å². The summed E-state index contributed by atoms with van der Waals surface area (Å²) < 4.78 is 5.04. The zero-order valence-electron chi connectivity index (χ0n) is 15.1. The van der Waals surface area contributed by atoms with Gasteiger partial charge in [0.25, 0.3) is 0 Å². The van der Waals surface area contributed by atoms with Crippen LogP contribution in [0, 0.1) is 6.92 Å². The second-order valence-corrected chi connectivity index (χ2v) is 6.15. The van der Waals surface area contributed by atoms with Crippen LogP contribution >= 0.6 is 12.2 Å². The Hall–Kier alpha value is -2.34. The van der Waals surface area contributed by atoms with Gasteiger partial charge >= 0.3 is 0 Å². The van der Waals surface area contributed by atoms with Gasteiger partial charge in [-0.25, -0.2) is 4.98 Å². The second kappa shape index (κ2) is 9.84. The molecule has 0 aliphatic heterocycles. The molecule has 0 spiro atoms. The summed E-state index contributed by atoms with van der Waals surface area (Å²) in [6.45, 7) is 7.08. The van der Waals surface area contributed by atoms with Crippen molar-refractivity contribution >= 4 is 28.7 Å². The van der Waals surface area contributed by atoms with E-state index >= 15 is 0 Å². The number of thiocarbonyl (C=S) groups is 1. The summed E-state index contributed by atoms with van der Waals surface area (Å²) in [4.78, 5) is 6.51. The van der Waals surface area contributed by atoms with E-state index in [-0.39, 0.29) is 0 Å². The van der Waals surface area contributed by atoms with Crippen LogP contribution in [0.3, 0.4) is 0 Å². The van der Waals surface area contributed by atoms with Crippen LogP contribution in [-0.2, 0) is 0 Å². The lowest BCUT2D eigenvalue weighted by atomic mass is 10.2. The minimum Gasteiger partial charge on any atom is -0.481 e. The molecule has 5 nitrogen and oxygen atoms in total. The number of anilines is 2. The average Bonchev–Trinajstić information content (AvgIpc) is 2.63. The highest BCUT2D eigenvalue weighted by Gasteiger charge is 2.04. The number of rotatable bonds is 8. The molecule has 2 aromatic rings. The van der Waals surface area contributed by atoms with E-state index in [9.17, 15) is 0 Å². The Morgan fingerprint density at radius 2 is 1.96 bits per heavy atom. The summed E-state index contributed by atoms with van der Waals surface area (Å²) in [5.74, 6) is 0.584. The first-order valence-electron chi connectivity index (χ1n) is 8.49. The first-order chi connectivity index (χ1) is 12.1. The zero-order valence-corrected chi connectivity index (χ0v) is 15.9. The largest absolute Gasteiger partial charge is 0.481 e. The average molecular weight is 359 g/mol. The number of hydrogen-bond donors (Lipinski definition) is 2. The van der Waals surface area contributed by atoms with Crippen molar-refractivity contribution in [3.8, 4) is 5.88 Å². The topological polar surface area (TPSA) is 49.4 Å². The van der Waals surface area contributed by atoms with Crippen molar-refractivity contribution in [1.82, 2.24) is 10.3 Å². The summed E-state index contributed by atoms with van der Waals surface area (Å²) in [5, 5.41) is 6.96. The van der Waals surface area contributed by atoms with Crippen molar-refractivity contribution < 1.29 is 4.74 Å². The van der Waals surface area contributed by atoms with Crippen molar-refractivity contribution in [3.63, 3.8) is 0 Å². The summed E-state index contributed by atoms with van der Waals surface area (Å²) in [5.41, 5.74) is 3.39. The molecule has 1 heterocycles. The van der Waals surface area contributed by atoms with E-state index in [0.29, 0.717) is 11.0 Å². The van der Waals surface area contributed by atoms with Gasteiger partial charge in [0.1, 0.15) is 0 Å². The molecule has 25 heavy (non-hydrogen) atoms. The lowest BCUT2D eigenvalue weighted by molar-refractivity contribution is 0.398. The summed E-state index contributed by atoms with van der Waals surface area (Å²) in [6, 6.07) is 12.3. The van der Waals surface area contributed by atoms with Crippen molar-refractivity contribution in [2.45, 2.75) is 20.3 Å². The van der Waals surface area contributed by atoms with Crippen molar-refractivity contribution in [1.29, 1.82) is 0 Å². The van der Waals surface area contributed by atoms with E-state index in [1.54, 1.807) is 19.4 Å². The number of nitrogens with one attached hydrogen (secondary N) is 2. The monoisotopic (exact) mass is 358 g/mol. The van der Waals surface area contributed by atoms with Crippen LogP contribution in [-0.4, -0.2) is 36.8 Å². The van der Waals surface area contributed by atoms with Gasteiger partial charge in [-0.1, -0.05) is 17.7 Å². The number of hydrogen-bond acceptors (Lipinski definition) is 4. The number of pyridine rings is 1. The van der Waals surface area contributed by atoms with Crippen molar-refractivity contribution in [2.75, 3.05) is 37.0 Å². The number of ether oxygens (including phenoxy) is 1. The van der Waals surface area contributed by atoms with Gasteiger partial charge in [-0.15, -0.1) is 0 Å². The van der Waals surface area contributed by atoms with E-state index in [1.165, 1.54) is 11.3 Å². The third kappa shape index (κ3) is 6.23. The summed E-state index contributed by atoms with van der Waals surface area (Å²) in [7, 11) is 1.60. The first kappa shape index (κ1) is 19.0. The Morgan fingerprint density at radius 1 is 1.20 bits per heavy atom. The number of aromatic nitrogens is 1. The van der Waals surface area contributed by atoms with Crippen molar-refractivity contribution in [2.24, 2.45) is 0 Å². The van der Waals surface area contributed by atoms with Gasteiger partial charge in [0, 0.05) is 31.4 Å². The predicted molar refractivity (Wildman–Crippen MR) is 109 cm³/mol. The van der Waals surface area contributed by atoms with Gasteiger partial charge in [0.05, 0.1) is 19.0 Å². The van der Waals surface area contributed by atoms with E-state index < -0.39 is 0 Å². The maximum absolute atomic E-state index is 5.32. The molecule has 0 bridgehead atoms. The molecule has 0 fully saturated rings. The fraction of sp³-hybridized carbons (Fsp3) is 0.368. The lowest BCUT2D eigenvalue weighted by Gasteiger charge is -2.23. The quantitative estimate of drug-likeness (QED) is 0.555. The SMILES string of the molecule is CCN(CCCNC(=S)Nc1ccc(OC)nc1)c1ccc(C)cc1. The molecule has 0 saturated carbocycles. The van der Waals surface area contributed by atoms with Crippen LogP contribution in [0.25, 0.3) is 0 Å². The molecule has 0 aliphatic rings. The van der Waals surface area contributed by atoms with Crippen molar-refractivity contribution in [3.05, 3.63) is 48.2 Å². The highest BCUT2D eigenvalue weighted by atomic mass is 32.1. The maximum Gasteiger partial charge on any atom is 0.213 e. The summed E-state index contributed by atoms with van der Waals surface area (Å²) >= 11 is 5.32. The van der Waals surface area contributed by atoms with Crippen LogP contribution in [0.5, 0.6) is 5.88 Å². The predicted octanol–water partition coefficient (Wildman–Crippen LogP) is 3.60. The molecule has 0 saturated heterocycles. The van der Waals surface area contributed by atoms with Crippen LogP contribution in [0.15, 0.2) is 42.6 Å². The van der Waals surface area contributed by atoms with Gasteiger partial charge in [-0.2, -0.15) is 0 Å². The van der Waals surface area contributed by atoms with Crippen LogP contribution in [0.1, 0.15) is 18.9 Å². The number of nitrogens with zero attached hydrogens (tertiary/aromatic N) is 2. The molecule has 1 aromatic heterocycles. The van der Waals surface area contributed by atoms with Gasteiger partial charge in [-0.05, 0) is 50.7 Å². The minimum atomic E-state index is 0.584. The third-order valence-electron chi connectivity index (χ3n) is 3.87. The Labute approximate surface area is 155 Å². The molecule has 0 amide bonds. The standard InChI is InChI=1S/C19H26N4OS/c1-4-23(17-9-6-15(2)7-10-17)13-5-12-20-19(25)22-16-8-11-18(24-3)21-14-16/h6-11,14H,4-5,12-13H2,1-3H3,(H2,20,22,25). The molecule has 2 rings (SSSR count). The van der Waals surface area contributed by atoms with E-state index in [0.717, 1.165) is 31.7 Å². The molecule has 0 aliphatic carbocycles. The molecular weight excluding hydrogens is 332 g/mol. The lowest BCUT2D eigenvalue weighted by Crippen LogP contribution is -2.32. The van der Waals surface area contributed by atoms with E-state index in [2.05, 4.69) is 58.6 Å². The molecule has 2 N–H and O–H groups in total. The van der Waals surface area contributed by atoms with E-state index in [1.807, 2.05) is 6.07 Å². The second-order valence-electron chi connectivity index (χ2n) is 5.74. The van der Waals surface area contributed by atoms with Crippen LogP contribution in [0.4, 0.5) is 11.4 Å². The normalized spacial score (nSPS) is 10.2. The van der Waals surface area contributed by atoms with Gasteiger partial charge in [0.2, 0.25) is 5.88 Å². The summed E-state index contributed by atoms with van der Waals surface area (Å²) in [6.07, 6.45) is 2.70. The zero-order chi connectivity index (χ0) is 18.1. The molecule has 6 heteroatoms. The fourth-order valence-electron chi connectivity index (χ4n) is 2.45. The number of aryl methyl sites for hydroxylation is 1. The number of methoxy groups -OCH3 is 1. The Morgan fingerprint density at radius 3 is 2.56 bits per heavy atom. The molecule has 0 atom stereocenters. The maximum atomic E-state index is 5.32. The molecular formula is C19H26N4OS. The Bertz CT molecular complexity index is 658. The Balaban J connectivity index is 1.71. The fourth-order valence-corrected chi connectivity index (χ4v) is 2.67. The van der Waals surface area contributed by atoms with Crippen LogP contribution < -0.4 is 20.3 Å². The third-order valence-corrected chi connectivity index (χ3v) is 4.12. The molecule has 134 valence electrons. The van der Waals surface area contributed by atoms with Gasteiger partial charge < -0.3 is 20.3 Å². The smallest absolute Gasteiger partial charge is 0.213 e. The highest BCUT2D eigenvalue weighted by Crippen LogP contribution is 2.15. The van der Waals surface area contributed by atoms with Gasteiger partial charge in [0.15, 0.2) is 5.11 Å². The number of benzene rings is 1. The van der Waals surface area contributed by atoms with Gasteiger partial charge in [-0.3, -0.25) is 0 Å². The highest BCUT2D eigenvalue weighted by molar-refractivity contribution is 7.80. The molecule has 1 aromatic carbocycles.